The predicted octanol–water partition coefficient (Wildman–Crippen LogP) is 9.12. The van der Waals surface area contributed by atoms with Gasteiger partial charge in [-0.05, 0) is 109 Å². The maximum absolute atomic E-state index is 11.7. The van der Waals surface area contributed by atoms with Crippen molar-refractivity contribution in [3.63, 3.8) is 0 Å². The van der Waals surface area contributed by atoms with Gasteiger partial charge in [-0.2, -0.15) is 10.2 Å². The Balaban J connectivity index is 0.000000179. The van der Waals surface area contributed by atoms with Gasteiger partial charge >= 0.3 is 5.20 Å². The van der Waals surface area contributed by atoms with Crippen LogP contribution in [0.15, 0.2) is 90.5 Å². The molecule has 10 nitrogen and oxygen atoms in total. The van der Waals surface area contributed by atoms with Gasteiger partial charge in [-0.3, -0.25) is 9.36 Å². The van der Waals surface area contributed by atoms with Crippen molar-refractivity contribution in [1.82, 2.24) is 29.2 Å². The molecule has 4 aromatic heterocycles. The largest absolute Gasteiger partial charge is 0.491 e. The summed E-state index contributed by atoms with van der Waals surface area (Å²) in [4.78, 5) is 18.2. The van der Waals surface area contributed by atoms with E-state index >= 15 is 0 Å². The maximum Gasteiger partial charge on any atom is 0.339 e. The molecule has 1 N–H and O–H groups in total. The molecule has 236 valence electrons. The molecule has 0 amide bonds. The number of H-pyrrole nitrogens is 1. The molecule has 0 atom stereocenters. The van der Waals surface area contributed by atoms with Gasteiger partial charge in [-0.25, -0.2) is 14.0 Å². The van der Waals surface area contributed by atoms with Crippen LogP contribution >= 0.6 is 50.5 Å². The molecule has 0 unspecified atom stereocenters. The summed E-state index contributed by atoms with van der Waals surface area (Å²) in [6, 6.07) is 19.6. The third-order valence-electron chi connectivity index (χ3n) is 5.89. The molecule has 0 aliphatic rings. The molecule has 6 aromatic rings. The lowest BCUT2D eigenvalue weighted by atomic mass is 10.1. The zero-order chi connectivity index (χ0) is 32.7. The lowest BCUT2D eigenvalue weighted by Crippen LogP contribution is -2.09. The number of nitrogens with zero attached hydrogens (tertiary/aromatic N) is 5. The van der Waals surface area contributed by atoms with Crippen molar-refractivity contribution < 1.29 is 14.0 Å². The number of aromatic nitrogens is 6. The average Bonchev–Trinajstić information content (AvgIpc) is 3.59. The quantitative estimate of drug-likeness (QED) is 0.172. The minimum Gasteiger partial charge on any atom is -0.491 e. The van der Waals surface area contributed by atoms with Crippen LogP contribution in [0.25, 0.3) is 33.3 Å². The molecule has 2 aromatic carbocycles. The molecule has 0 saturated carbocycles. The first kappa shape index (κ1) is 34.3. The molecular weight excluding hydrogens is 681 g/mol. The van der Waals surface area contributed by atoms with Gasteiger partial charge in [0.1, 0.15) is 35.2 Å². The zero-order valence-corrected chi connectivity index (χ0v) is 28.5. The first-order valence-electron chi connectivity index (χ1n) is 13.5. The highest BCUT2D eigenvalue weighted by Gasteiger charge is 2.08. The lowest BCUT2D eigenvalue weighted by molar-refractivity contribution is 0.242. The second-order valence-electron chi connectivity index (χ2n) is 10.1. The van der Waals surface area contributed by atoms with Gasteiger partial charge in [0.2, 0.25) is 0 Å². The van der Waals surface area contributed by atoms with Crippen LogP contribution in [0.4, 0.5) is 0 Å². The van der Waals surface area contributed by atoms with Gasteiger partial charge in [-0.15, -0.1) is 0 Å². The molecule has 0 radical (unpaired) electrons. The monoisotopic (exact) mass is 708 g/mol. The molecule has 0 fully saturated rings. The van der Waals surface area contributed by atoms with Crippen LogP contribution in [0.3, 0.4) is 0 Å². The van der Waals surface area contributed by atoms with Crippen LogP contribution in [-0.4, -0.2) is 41.4 Å². The van der Waals surface area contributed by atoms with E-state index < -0.39 is 5.20 Å². The summed E-state index contributed by atoms with van der Waals surface area (Å²) in [6.45, 7) is 8.00. The Bertz CT molecular complexity index is 1960. The van der Waals surface area contributed by atoms with Crippen LogP contribution in [0.2, 0.25) is 5.15 Å². The van der Waals surface area contributed by atoms with Crippen LogP contribution < -0.4 is 15.0 Å². The fourth-order valence-corrected chi connectivity index (χ4v) is 4.34. The number of rotatable bonds is 6. The van der Waals surface area contributed by atoms with E-state index in [1.165, 1.54) is 12.7 Å². The summed E-state index contributed by atoms with van der Waals surface area (Å²) in [5.74, 6) is 1.70. The van der Waals surface area contributed by atoms with Gasteiger partial charge in [-0.1, -0.05) is 35.9 Å². The Morgan fingerprint density at radius 3 is 1.60 bits per heavy atom. The summed E-state index contributed by atoms with van der Waals surface area (Å²) in [7, 11) is 0. The van der Waals surface area contributed by atoms with Crippen LogP contribution in [0, 0.1) is 0 Å². The van der Waals surface area contributed by atoms with Crippen molar-refractivity contribution in [2.75, 3.05) is 0 Å². The third kappa shape index (κ3) is 10.2. The average molecular weight is 710 g/mol. The molecule has 0 bridgehead atoms. The highest BCUT2D eigenvalue weighted by Crippen LogP contribution is 2.61. The number of fused-ring (bicyclic) bond motifs is 2. The molecule has 0 aliphatic carbocycles. The van der Waals surface area contributed by atoms with Gasteiger partial charge in [0.25, 0.3) is 5.56 Å². The van der Waals surface area contributed by atoms with Crippen LogP contribution in [-0.2, 0) is 4.57 Å². The Hall–Kier alpha value is -3.53. The van der Waals surface area contributed by atoms with E-state index in [1.807, 2.05) is 101 Å². The van der Waals surface area contributed by atoms with Crippen molar-refractivity contribution in [1.29, 1.82) is 0 Å². The van der Waals surface area contributed by atoms with Crippen LogP contribution in [0.5, 0.6) is 11.5 Å². The molecular formula is C30H29Cl4N6O4P. The van der Waals surface area contributed by atoms with E-state index in [0.29, 0.717) is 10.7 Å². The molecule has 0 aliphatic heterocycles. The van der Waals surface area contributed by atoms with Crippen molar-refractivity contribution >= 4 is 61.6 Å². The highest BCUT2D eigenvalue weighted by atomic mass is 36.0. The molecule has 0 spiro atoms. The Kier molecular flexibility index (Phi) is 11.6. The Morgan fingerprint density at radius 2 is 1.18 bits per heavy atom. The molecule has 0 saturated heterocycles. The maximum atomic E-state index is 11.7. The minimum absolute atomic E-state index is 0.147. The van der Waals surface area contributed by atoms with Gasteiger partial charge in [0, 0.05) is 23.5 Å². The fourth-order valence-electron chi connectivity index (χ4n) is 4.15. The Morgan fingerprint density at radius 1 is 0.733 bits per heavy atom. The zero-order valence-electron chi connectivity index (χ0n) is 24.6. The minimum atomic E-state index is -3.22. The molecule has 45 heavy (non-hydrogen) atoms. The van der Waals surface area contributed by atoms with E-state index in [1.54, 1.807) is 9.03 Å². The summed E-state index contributed by atoms with van der Waals surface area (Å²) in [5, 5.41) is 5.45. The van der Waals surface area contributed by atoms with E-state index in [0.717, 1.165) is 39.3 Å². The first-order chi connectivity index (χ1) is 21.3. The van der Waals surface area contributed by atoms with E-state index in [9.17, 15) is 9.36 Å². The normalized spacial score (nSPS) is 11.2. The van der Waals surface area contributed by atoms with Crippen molar-refractivity contribution in [2.45, 2.75) is 39.9 Å². The fraction of sp³-hybridized carbons (Fsp3) is 0.200. The lowest BCUT2D eigenvalue weighted by Gasteiger charge is -2.09. The summed E-state index contributed by atoms with van der Waals surface area (Å²) in [6.07, 6.45) is 6.93. The van der Waals surface area contributed by atoms with E-state index in [2.05, 4.69) is 53.9 Å². The number of halogens is 4. The summed E-state index contributed by atoms with van der Waals surface area (Å²) in [5.41, 5.74) is 5.28. The number of hydrogen-bond donors (Lipinski definition) is 1. The molecule has 6 rings (SSSR count). The molecule has 15 heteroatoms. The molecule has 4 heterocycles. The number of hydrogen-bond acceptors (Lipinski definition) is 7. The van der Waals surface area contributed by atoms with E-state index in [-0.39, 0.29) is 17.8 Å². The SMILES string of the molecule is CC(C)Oc1ccc(-c2cc3c(=O)[nH]cnn3c2)cc1.CC(C)Oc1ccc(-c2cc3c(Cl)ncnn3c2)cc1.O=P(Cl)(Cl)Cl. The highest BCUT2D eigenvalue weighted by molar-refractivity contribution is 8.24. The van der Waals surface area contributed by atoms with Crippen molar-refractivity contribution in [3.8, 4) is 33.8 Å². The van der Waals surface area contributed by atoms with Crippen molar-refractivity contribution in [3.05, 3.63) is 101 Å². The third-order valence-corrected chi connectivity index (χ3v) is 6.18. The van der Waals surface area contributed by atoms with E-state index in [4.69, 9.17) is 21.1 Å². The Labute approximate surface area is 278 Å². The standard InChI is InChI=1S/C15H14ClN3O.C15H15N3O2.Cl3OP/c1-10(2)20-13-5-3-11(4-6-13)12-7-14-15(16)17-9-18-19(14)8-12;1-10(2)20-13-5-3-11(4-6-13)12-7-14-15(19)16-9-17-18(14)8-12;1-5(2,3)4/h3-10H,1-2H3;3-10H,1-2H3,(H,16,17,19);. The van der Waals surface area contributed by atoms with Crippen LogP contribution in [0.1, 0.15) is 27.7 Å². The summed E-state index contributed by atoms with van der Waals surface area (Å²) >= 11 is 19.9. The first-order valence-corrected chi connectivity index (χ1v) is 18.3. The smallest absolute Gasteiger partial charge is 0.339 e. The number of aromatic amines is 1. The number of ether oxygens (including phenoxy) is 2. The van der Waals surface area contributed by atoms with Gasteiger partial charge in [0.05, 0.1) is 12.2 Å². The predicted molar refractivity (Wildman–Crippen MR) is 181 cm³/mol. The van der Waals surface area contributed by atoms with Gasteiger partial charge in [0.15, 0.2) is 5.15 Å². The second kappa shape index (κ2) is 15.2. The topological polar surface area (TPSA) is 116 Å². The van der Waals surface area contributed by atoms with Gasteiger partial charge < -0.3 is 14.5 Å². The number of benzene rings is 2. The number of nitrogens with one attached hydrogen (secondary N) is 1. The second-order valence-corrected chi connectivity index (χ2v) is 17.1. The summed E-state index contributed by atoms with van der Waals surface area (Å²) < 4.78 is 24.1. The van der Waals surface area contributed by atoms with Crippen molar-refractivity contribution in [2.24, 2.45) is 0 Å².